The van der Waals surface area contributed by atoms with Crippen LogP contribution in [0, 0.1) is 0 Å². The predicted molar refractivity (Wildman–Crippen MR) is 50.4 cm³/mol. The topological polar surface area (TPSA) is 26.3 Å². The smallest absolute Gasteiger partial charge is 0.161 e. The zero-order valence-electron chi connectivity index (χ0n) is 8.04. The third-order valence-electron chi connectivity index (χ3n) is 2.67. The summed E-state index contributed by atoms with van der Waals surface area (Å²) in [4.78, 5) is 11.7. The zero-order valence-corrected chi connectivity index (χ0v) is 8.04. The lowest BCUT2D eigenvalue weighted by Crippen LogP contribution is -2.13. The van der Waals surface area contributed by atoms with E-state index in [9.17, 15) is 4.79 Å². The average molecular weight is 178 g/mol. The maximum absolute atomic E-state index is 11.7. The minimum Gasteiger partial charge on any atom is -0.358 e. The van der Waals surface area contributed by atoms with E-state index >= 15 is 0 Å². The lowest BCUT2D eigenvalue weighted by atomic mass is 9.93. The Kier molecular flexibility index (Phi) is 2.08. The molecule has 0 saturated heterocycles. The summed E-state index contributed by atoms with van der Waals surface area (Å²) in [6.45, 7) is 4.02. The summed E-state index contributed by atoms with van der Waals surface area (Å²) in [5.41, 5.74) is 2.03. The Morgan fingerprint density at radius 1 is 1.46 bits per heavy atom. The van der Waals surface area contributed by atoms with Crippen molar-refractivity contribution in [3.8, 4) is 0 Å². The number of ketones is 1. The van der Waals surface area contributed by atoms with Gasteiger partial charge in [0, 0.05) is 12.0 Å². The molecular weight excluding hydrogens is 164 g/mol. The van der Waals surface area contributed by atoms with Crippen molar-refractivity contribution in [2.75, 3.05) is 0 Å². The van der Waals surface area contributed by atoms with Crippen molar-refractivity contribution in [2.45, 2.75) is 38.9 Å². The number of fused-ring (bicyclic) bond motifs is 2. The van der Waals surface area contributed by atoms with Crippen LogP contribution in [0.5, 0.6) is 0 Å². The summed E-state index contributed by atoms with van der Waals surface area (Å²) < 4.78 is 5.56. The summed E-state index contributed by atoms with van der Waals surface area (Å²) in [6, 6.07) is 0. The highest BCUT2D eigenvalue weighted by atomic mass is 16.5. The molecular formula is C11H14O2. The van der Waals surface area contributed by atoms with E-state index in [-0.39, 0.29) is 18.0 Å². The van der Waals surface area contributed by atoms with Crippen LogP contribution >= 0.6 is 0 Å². The standard InChI is InChI=1S/C11H14O2/c1-3-4-8(12)11-7(2)9-5-6-10(11)13-9/h5-6,9-10H,3-4H2,1-2H3. The maximum atomic E-state index is 11.7. The molecule has 0 aromatic carbocycles. The third kappa shape index (κ3) is 1.25. The number of Topliss-reactive ketones (excluding diaryl/α,β-unsaturated/α-hetero) is 1. The van der Waals surface area contributed by atoms with Crippen molar-refractivity contribution in [2.24, 2.45) is 0 Å². The Hall–Kier alpha value is -0.890. The van der Waals surface area contributed by atoms with E-state index in [1.54, 1.807) is 0 Å². The van der Waals surface area contributed by atoms with Crippen LogP contribution in [-0.2, 0) is 9.53 Å². The zero-order chi connectivity index (χ0) is 9.42. The summed E-state index contributed by atoms with van der Waals surface area (Å²) in [5.74, 6) is 0.261. The molecule has 2 heteroatoms. The van der Waals surface area contributed by atoms with Crippen LogP contribution in [0.1, 0.15) is 26.7 Å². The molecule has 2 rings (SSSR count). The summed E-state index contributed by atoms with van der Waals surface area (Å²) >= 11 is 0. The number of carbonyl (C=O) groups is 1. The molecule has 0 aliphatic carbocycles. The van der Waals surface area contributed by atoms with Gasteiger partial charge in [0.1, 0.15) is 6.10 Å². The Balaban J connectivity index is 2.20. The minimum absolute atomic E-state index is 0.0379. The van der Waals surface area contributed by atoms with Crippen molar-refractivity contribution in [1.82, 2.24) is 0 Å². The first-order valence-electron chi connectivity index (χ1n) is 4.81. The molecule has 0 radical (unpaired) electrons. The molecule has 0 aromatic rings. The van der Waals surface area contributed by atoms with Gasteiger partial charge in [-0.1, -0.05) is 19.1 Å². The van der Waals surface area contributed by atoms with Crippen LogP contribution in [-0.4, -0.2) is 18.0 Å². The average Bonchev–Trinajstić information content (AvgIpc) is 2.63. The normalized spacial score (nSPS) is 30.3. The highest BCUT2D eigenvalue weighted by Gasteiger charge is 2.36. The molecule has 0 amide bonds. The summed E-state index contributed by atoms with van der Waals surface area (Å²) in [5, 5.41) is 0. The highest BCUT2D eigenvalue weighted by Crippen LogP contribution is 2.34. The summed E-state index contributed by atoms with van der Waals surface area (Å²) in [6.07, 6.45) is 5.62. The van der Waals surface area contributed by atoms with Crippen molar-refractivity contribution < 1.29 is 9.53 Å². The molecule has 0 saturated carbocycles. The lowest BCUT2D eigenvalue weighted by molar-refractivity contribution is -0.116. The van der Waals surface area contributed by atoms with Crippen LogP contribution in [0.2, 0.25) is 0 Å². The van der Waals surface area contributed by atoms with Gasteiger partial charge in [-0.3, -0.25) is 4.79 Å². The van der Waals surface area contributed by atoms with Gasteiger partial charge in [-0.25, -0.2) is 0 Å². The Bertz CT molecular complexity index is 299. The fourth-order valence-corrected chi connectivity index (χ4v) is 1.98. The third-order valence-corrected chi connectivity index (χ3v) is 2.67. The van der Waals surface area contributed by atoms with Crippen molar-refractivity contribution >= 4 is 5.78 Å². The van der Waals surface area contributed by atoms with Gasteiger partial charge < -0.3 is 4.74 Å². The number of hydrogen-bond acceptors (Lipinski definition) is 2. The Morgan fingerprint density at radius 2 is 2.15 bits per heavy atom. The fourth-order valence-electron chi connectivity index (χ4n) is 1.98. The number of ether oxygens (including phenoxy) is 1. The molecule has 2 bridgehead atoms. The second-order valence-electron chi connectivity index (χ2n) is 3.63. The molecule has 0 fully saturated rings. The first-order valence-corrected chi connectivity index (χ1v) is 4.81. The van der Waals surface area contributed by atoms with E-state index in [0.29, 0.717) is 6.42 Å². The van der Waals surface area contributed by atoms with Gasteiger partial charge in [-0.05, 0) is 18.9 Å². The molecule has 2 nitrogen and oxygen atoms in total. The Morgan fingerprint density at radius 3 is 2.69 bits per heavy atom. The van der Waals surface area contributed by atoms with Crippen molar-refractivity contribution in [3.05, 3.63) is 23.3 Å². The summed E-state index contributed by atoms with van der Waals surface area (Å²) in [7, 11) is 0. The van der Waals surface area contributed by atoms with E-state index in [1.165, 1.54) is 0 Å². The van der Waals surface area contributed by atoms with Gasteiger partial charge in [-0.2, -0.15) is 0 Å². The first-order chi connectivity index (χ1) is 6.24. The second kappa shape index (κ2) is 3.11. The minimum atomic E-state index is -0.0379. The van der Waals surface area contributed by atoms with E-state index in [1.807, 2.05) is 26.0 Å². The van der Waals surface area contributed by atoms with E-state index < -0.39 is 0 Å². The molecule has 0 N–H and O–H groups in total. The van der Waals surface area contributed by atoms with Crippen LogP contribution in [0.4, 0.5) is 0 Å². The lowest BCUT2D eigenvalue weighted by Gasteiger charge is -2.08. The van der Waals surface area contributed by atoms with Gasteiger partial charge in [-0.15, -0.1) is 0 Å². The number of hydrogen-bond donors (Lipinski definition) is 0. The van der Waals surface area contributed by atoms with Gasteiger partial charge in [0.25, 0.3) is 0 Å². The molecule has 2 atom stereocenters. The van der Waals surface area contributed by atoms with Crippen molar-refractivity contribution in [3.63, 3.8) is 0 Å². The van der Waals surface area contributed by atoms with E-state index in [4.69, 9.17) is 4.74 Å². The molecule has 70 valence electrons. The molecule has 2 heterocycles. The largest absolute Gasteiger partial charge is 0.358 e. The Labute approximate surface area is 78.3 Å². The highest BCUT2D eigenvalue weighted by molar-refractivity contribution is 5.98. The maximum Gasteiger partial charge on any atom is 0.161 e. The van der Waals surface area contributed by atoms with Gasteiger partial charge in [0.15, 0.2) is 5.78 Å². The fraction of sp³-hybridized carbons (Fsp3) is 0.545. The van der Waals surface area contributed by atoms with E-state index in [0.717, 1.165) is 17.6 Å². The van der Waals surface area contributed by atoms with Gasteiger partial charge >= 0.3 is 0 Å². The molecule has 2 aliphatic rings. The molecule has 0 aromatic heterocycles. The van der Waals surface area contributed by atoms with Crippen LogP contribution in [0.25, 0.3) is 0 Å². The first kappa shape index (κ1) is 8.70. The van der Waals surface area contributed by atoms with Gasteiger partial charge in [0.2, 0.25) is 0 Å². The quantitative estimate of drug-likeness (QED) is 0.618. The monoisotopic (exact) mass is 178 g/mol. The van der Waals surface area contributed by atoms with Crippen LogP contribution < -0.4 is 0 Å². The molecule has 2 aliphatic heterocycles. The van der Waals surface area contributed by atoms with Crippen molar-refractivity contribution in [1.29, 1.82) is 0 Å². The molecule has 13 heavy (non-hydrogen) atoms. The molecule has 2 unspecified atom stereocenters. The number of rotatable bonds is 3. The van der Waals surface area contributed by atoms with Crippen LogP contribution in [0.3, 0.4) is 0 Å². The second-order valence-corrected chi connectivity index (χ2v) is 3.63. The van der Waals surface area contributed by atoms with Crippen LogP contribution in [0.15, 0.2) is 23.3 Å². The SMILES string of the molecule is CCCC(=O)C1=C(C)C2C=CC1O2. The number of carbonyl (C=O) groups excluding carboxylic acids is 1. The van der Waals surface area contributed by atoms with E-state index in [2.05, 4.69) is 0 Å². The van der Waals surface area contributed by atoms with Gasteiger partial charge in [0.05, 0.1) is 6.10 Å². The molecule has 0 spiro atoms. The predicted octanol–water partition coefficient (Wildman–Crippen LogP) is 2.01.